The van der Waals surface area contributed by atoms with E-state index < -0.39 is 0 Å². The van der Waals surface area contributed by atoms with Gasteiger partial charge in [0.2, 0.25) is 0 Å². The third-order valence-electron chi connectivity index (χ3n) is 3.02. The number of nitrogens with zero attached hydrogens (tertiary/aromatic N) is 4. The fourth-order valence-electron chi connectivity index (χ4n) is 1.89. The first-order valence-corrected chi connectivity index (χ1v) is 7.64. The first kappa shape index (κ1) is 14.7. The second-order valence-electron chi connectivity index (χ2n) is 4.43. The van der Waals surface area contributed by atoms with Crippen molar-refractivity contribution in [1.82, 2.24) is 19.6 Å². The summed E-state index contributed by atoms with van der Waals surface area (Å²) in [6.07, 6.45) is 0. The maximum atomic E-state index is 12.3. The van der Waals surface area contributed by atoms with E-state index >= 15 is 0 Å². The van der Waals surface area contributed by atoms with Gasteiger partial charge in [0.05, 0.1) is 25.1 Å². The second-order valence-corrected chi connectivity index (χ2v) is 6.30. The van der Waals surface area contributed by atoms with Crippen molar-refractivity contribution >= 4 is 44.4 Å². The van der Waals surface area contributed by atoms with Crippen LogP contribution in [0.3, 0.4) is 0 Å². The molecule has 0 atom stereocenters. The van der Waals surface area contributed by atoms with Crippen molar-refractivity contribution < 1.29 is 4.79 Å². The Bertz CT molecular complexity index is 659. The molecule has 0 N–H and O–H groups in total. The van der Waals surface area contributed by atoms with E-state index in [9.17, 15) is 4.79 Å². The number of halogens is 2. The van der Waals surface area contributed by atoms with Crippen LogP contribution in [0.25, 0.3) is 0 Å². The molecular weight excluding hydrogens is 423 g/mol. The summed E-state index contributed by atoms with van der Waals surface area (Å²) < 4.78 is 5.13. The van der Waals surface area contributed by atoms with Gasteiger partial charge in [-0.05, 0) is 66.2 Å². The van der Waals surface area contributed by atoms with Crippen molar-refractivity contribution in [3.05, 3.63) is 30.8 Å². The van der Waals surface area contributed by atoms with Gasteiger partial charge in [0, 0.05) is 5.69 Å². The molecule has 0 amide bonds. The lowest BCUT2D eigenvalue weighted by atomic mass is 10.4. The molecular formula is C12H14BrIN4O. The predicted octanol–water partition coefficient (Wildman–Crippen LogP) is 3.02. The third kappa shape index (κ3) is 2.62. The molecule has 2 aromatic rings. The van der Waals surface area contributed by atoms with Crippen molar-refractivity contribution in [1.29, 1.82) is 0 Å². The molecule has 0 aromatic carbocycles. The van der Waals surface area contributed by atoms with Crippen LogP contribution in [0.5, 0.6) is 0 Å². The van der Waals surface area contributed by atoms with Crippen LogP contribution in [-0.4, -0.2) is 25.5 Å². The lowest BCUT2D eigenvalue weighted by Gasteiger charge is -2.05. The van der Waals surface area contributed by atoms with Crippen LogP contribution in [0, 0.1) is 31.3 Å². The van der Waals surface area contributed by atoms with E-state index in [1.807, 2.05) is 27.7 Å². The van der Waals surface area contributed by atoms with Crippen LogP contribution in [0.2, 0.25) is 0 Å². The van der Waals surface area contributed by atoms with Gasteiger partial charge in [-0.2, -0.15) is 10.2 Å². The fourth-order valence-corrected chi connectivity index (χ4v) is 2.52. The van der Waals surface area contributed by atoms with E-state index in [2.05, 4.69) is 48.7 Å². The molecule has 0 radical (unpaired) electrons. The highest BCUT2D eigenvalue weighted by Gasteiger charge is 2.17. The average Bonchev–Trinajstić information content (AvgIpc) is 2.75. The summed E-state index contributed by atoms with van der Waals surface area (Å²) >= 11 is 5.67. The molecule has 2 heterocycles. The van der Waals surface area contributed by atoms with Crippen molar-refractivity contribution in [3.63, 3.8) is 0 Å². The largest absolute Gasteiger partial charge is 0.270 e. The molecule has 0 saturated carbocycles. The number of aromatic nitrogens is 4. The van der Waals surface area contributed by atoms with E-state index in [0.717, 1.165) is 30.8 Å². The molecule has 0 aliphatic heterocycles. The summed E-state index contributed by atoms with van der Waals surface area (Å²) in [5.74, 6) is -0.0895. The molecule has 0 spiro atoms. The SMILES string of the molecule is Cc1nn(C(=O)Cn2nc(C)c(I)c2C)c(C)c1Br. The summed E-state index contributed by atoms with van der Waals surface area (Å²) in [6.45, 7) is 7.84. The maximum Gasteiger partial charge on any atom is 0.268 e. The molecule has 102 valence electrons. The van der Waals surface area contributed by atoms with Crippen molar-refractivity contribution in [3.8, 4) is 0 Å². The van der Waals surface area contributed by atoms with Crippen LogP contribution in [0.4, 0.5) is 0 Å². The van der Waals surface area contributed by atoms with E-state index in [1.54, 1.807) is 4.68 Å². The van der Waals surface area contributed by atoms with Crippen LogP contribution >= 0.6 is 38.5 Å². The zero-order chi connectivity index (χ0) is 14.3. The Kier molecular flexibility index (Phi) is 4.14. The fraction of sp³-hybridized carbons (Fsp3) is 0.417. The first-order chi connectivity index (χ1) is 8.82. The second kappa shape index (κ2) is 5.35. The Labute approximate surface area is 133 Å². The van der Waals surface area contributed by atoms with Gasteiger partial charge in [0.15, 0.2) is 0 Å². The normalized spacial score (nSPS) is 11.1. The average molecular weight is 437 g/mol. The van der Waals surface area contributed by atoms with Gasteiger partial charge in [-0.1, -0.05) is 0 Å². The minimum atomic E-state index is -0.0895. The molecule has 2 aromatic heterocycles. The summed E-state index contributed by atoms with van der Waals surface area (Å²) in [7, 11) is 0. The lowest BCUT2D eigenvalue weighted by molar-refractivity contribution is 0.0866. The Hall–Kier alpha value is -0.700. The topological polar surface area (TPSA) is 52.7 Å². The van der Waals surface area contributed by atoms with E-state index in [0.29, 0.717) is 0 Å². The van der Waals surface area contributed by atoms with E-state index in [4.69, 9.17) is 0 Å². The van der Waals surface area contributed by atoms with E-state index in [1.165, 1.54) is 4.68 Å². The third-order valence-corrected chi connectivity index (χ3v) is 5.73. The number of carbonyl (C=O) groups is 1. The van der Waals surface area contributed by atoms with Crippen molar-refractivity contribution in [2.75, 3.05) is 0 Å². The minimum Gasteiger partial charge on any atom is -0.270 e. The summed E-state index contributed by atoms with van der Waals surface area (Å²) in [5, 5.41) is 8.61. The Morgan fingerprint density at radius 2 is 1.79 bits per heavy atom. The monoisotopic (exact) mass is 436 g/mol. The highest BCUT2D eigenvalue weighted by atomic mass is 127. The standard InChI is InChI=1S/C12H14BrIN4O/c1-6-11(13)8(3)18(16-6)10(19)5-17-9(4)12(14)7(2)15-17/h5H2,1-4H3. The van der Waals surface area contributed by atoms with Gasteiger partial charge in [0.1, 0.15) is 6.54 Å². The smallest absolute Gasteiger partial charge is 0.268 e. The van der Waals surface area contributed by atoms with Gasteiger partial charge in [-0.15, -0.1) is 0 Å². The summed E-state index contributed by atoms with van der Waals surface area (Å²) in [6, 6.07) is 0. The van der Waals surface area contributed by atoms with Gasteiger partial charge >= 0.3 is 0 Å². The minimum absolute atomic E-state index is 0.0895. The summed E-state index contributed by atoms with van der Waals surface area (Å²) in [5.41, 5.74) is 3.58. The van der Waals surface area contributed by atoms with Gasteiger partial charge in [0.25, 0.3) is 5.91 Å². The lowest BCUT2D eigenvalue weighted by Crippen LogP contribution is -2.21. The molecule has 19 heavy (non-hydrogen) atoms. The number of hydrogen-bond donors (Lipinski definition) is 0. The van der Waals surface area contributed by atoms with Gasteiger partial charge < -0.3 is 0 Å². The van der Waals surface area contributed by atoms with Crippen molar-refractivity contribution in [2.45, 2.75) is 34.2 Å². The Balaban J connectivity index is 2.31. The van der Waals surface area contributed by atoms with E-state index in [-0.39, 0.29) is 12.5 Å². The van der Waals surface area contributed by atoms with Crippen LogP contribution < -0.4 is 0 Å². The molecule has 5 nitrogen and oxygen atoms in total. The highest BCUT2D eigenvalue weighted by molar-refractivity contribution is 14.1. The molecule has 0 aliphatic rings. The van der Waals surface area contributed by atoms with Crippen LogP contribution in [0.15, 0.2) is 4.47 Å². The number of hydrogen-bond acceptors (Lipinski definition) is 3. The molecule has 0 fully saturated rings. The van der Waals surface area contributed by atoms with Crippen LogP contribution in [0.1, 0.15) is 27.6 Å². The zero-order valence-electron chi connectivity index (χ0n) is 11.2. The molecule has 0 saturated heterocycles. The van der Waals surface area contributed by atoms with Crippen molar-refractivity contribution in [2.24, 2.45) is 0 Å². The number of carbonyl (C=O) groups excluding carboxylic acids is 1. The number of aryl methyl sites for hydroxylation is 2. The highest BCUT2D eigenvalue weighted by Crippen LogP contribution is 2.20. The number of rotatable bonds is 2. The zero-order valence-corrected chi connectivity index (χ0v) is 14.9. The summed E-state index contributed by atoms with van der Waals surface area (Å²) in [4.78, 5) is 12.3. The molecule has 2 rings (SSSR count). The maximum absolute atomic E-state index is 12.3. The Morgan fingerprint density at radius 1 is 1.16 bits per heavy atom. The quantitative estimate of drug-likeness (QED) is 0.680. The first-order valence-electron chi connectivity index (χ1n) is 5.77. The van der Waals surface area contributed by atoms with Gasteiger partial charge in [-0.3, -0.25) is 9.48 Å². The molecule has 0 bridgehead atoms. The van der Waals surface area contributed by atoms with Crippen LogP contribution in [-0.2, 0) is 6.54 Å². The molecule has 7 heteroatoms. The van der Waals surface area contributed by atoms with Gasteiger partial charge in [-0.25, -0.2) is 4.68 Å². The Morgan fingerprint density at radius 3 is 2.21 bits per heavy atom. The molecule has 0 aliphatic carbocycles. The predicted molar refractivity (Wildman–Crippen MR) is 84.4 cm³/mol. The molecule has 0 unspecified atom stereocenters.